The molecule has 0 bridgehead atoms. The van der Waals surface area contributed by atoms with Crippen LogP contribution in [0.25, 0.3) is 11.1 Å². The average Bonchev–Trinajstić information content (AvgIpc) is 3.13. The third-order valence-corrected chi connectivity index (χ3v) is 5.83. The molecular weight excluding hydrogens is 424 g/mol. The fourth-order valence-corrected chi connectivity index (χ4v) is 3.95. The first-order valence-electron chi connectivity index (χ1n) is 11.1. The largest absolute Gasteiger partial charge is 0.479 e. The Labute approximate surface area is 193 Å². The summed E-state index contributed by atoms with van der Waals surface area (Å²) in [6, 6.07) is 16.3. The quantitative estimate of drug-likeness (QED) is 0.414. The predicted molar refractivity (Wildman–Crippen MR) is 123 cm³/mol. The SMILES string of the molecule is CC(CCC(=O)NCCC(O)C(=O)O)CNC(=O)OCC1c2ccccc2-c2ccccc21. The van der Waals surface area contributed by atoms with Crippen LogP contribution in [-0.2, 0) is 14.3 Å². The molecule has 0 saturated heterocycles. The van der Waals surface area contributed by atoms with Crippen LogP contribution in [0.2, 0.25) is 0 Å². The number of hydrogen-bond acceptors (Lipinski definition) is 5. The monoisotopic (exact) mass is 454 g/mol. The van der Waals surface area contributed by atoms with Crippen molar-refractivity contribution in [3.63, 3.8) is 0 Å². The minimum atomic E-state index is -1.48. The Bertz CT molecular complexity index is 947. The van der Waals surface area contributed by atoms with Gasteiger partial charge in [-0.15, -0.1) is 0 Å². The van der Waals surface area contributed by atoms with Gasteiger partial charge < -0.3 is 25.6 Å². The number of aliphatic carboxylic acids is 1. The summed E-state index contributed by atoms with van der Waals surface area (Å²) in [5.41, 5.74) is 4.65. The van der Waals surface area contributed by atoms with Crippen molar-refractivity contribution in [2.75, 3.05) is 19.7 Å². The predicted octanol–water partition coefficient (Wildman–Crippen LogP) is 2.89. The Morgan fingerprint density at radius 1 is 0.970 bits per heavy atom. The summed E-state index contributed by atoms with van der Waals surface area (Å²) in [5.74, 6) is -1.47. The van der Waals surface area contributed by atoms with Crippen molar-refractivity contribution in [3.8, 4) is 11.1 Å². The Morgan fingerprint density at radius 3 is 2.18 bits per heavy atom. The van der Waals surface area contributed by atoms with E-state index in [2.05, 4.69) is 34.9 Å². The first-order chi connectivity index (χ1) is 15.9. The lowest BCUT2D eigenvalue weighted by Crippen LogP contribution is -2.32. The molecule has 2 aromatic rings. The molecule has 2 amide bonds. The zero-order chi connectivity index (χ0) is 23.8. The number of fused-ring (bicyclic) bond motifs is 3. The smallest absolute Gasteiger partial charge is 0.407 e. The molecule has 2 atom stereocenters. The number of hydrogen-bond donors (Lipinski definition) is 4. The van der Waals surface area contributed by atoms with Crippen LogP contribution in [-0.4, -0.2) is 54.0 Å². The fourth-order valence-electron chi connectivity index (χ4n) is 3.95. The minimum Gasteiger partial charge on any atom is -0.479 e. The van der Waals surface area contributed by atoms with Gasteiger partial charge in [-0.25, -0.2) is 9.59 Å². The van der Waals surface area contributed by atoms with E-state index in [1.54, 1.807) is 0 Å². The van der Waals surface area contributed by atoms with E-state index in [1.807, 2.05) is 31.2 Å². The number of benzene rings is 2. The molecule has 0 spiro atoms. The fraction of sp³-hybridized carbons (Fsp3) is 0.400. The Kier molecular flexibility index (Phi) is 8.43. The highest BCUT2D eigenvalue weighted by molar-refractivity contribution is 5.79. The first-order valence-corrected chi connectivity index (χ1v) is 11.1. The third-order valence-electron chi connectivity index (χ3n) is 5.83. The minimum absolute atomic E-state index is 0.00362. The maximum atomic E-state index is 12.2. The van der Waals surface area contributed by atoms with E-state index in [1.165, 1.54) is 11.1 Å². The maximum Gasteiger partial charge on any atom is 0.407 e. The van der Waals surface area contributed by atoms with Gasteiger partial charge in [0.15, 0.2) is 6.10 Å². The third kappa shape index (κ3) is 6.55. The summed E-state index contributed by atoms with van der Waals surface area (Å²) in [5, 5.41) is 23.1. The van der Waals surface area contributed by atoms with E-state index in [-0.39, 0.29) is 43.7 Å². The van der Waals surface area contributed by atoms with Gasteiger partial charge in [0.05, 0.1) is 0 Å². The van der Waals surface area contributed by atoms with E-state index in [0.717, 1.165) is 11.1 Å². The van der Waals surface area contributed by atoms with Gasteiger partial charge in [-0.05, 0) is 34.6 Å². The lowest BCUT2D eigenvalue weighted by atomic mass is 9.98. The summed E-state index contributed by atoms with van der Waals surface area (Å²) >= 11 is 0. The molecule has 8 heteroatoms. The van der Waals surface area contributed by atoms with E-state index in [0.29, 0.717) is 13.0 Å². The second-order valence-electron chi connectivity index (χ2n) is 8.34. The van der Waals surface area contributed by atoms with E-state index in [4.69, 9.17) is 9.84 Å². The first kappa shape index (κ1) is 24.3. The molecule has 0 fully saturated rings. The van der Waals surface area contributed by atoms with E-state index < -0.39 is 18.2 Å². The number of aliphatic hydroxyl groups is 1. The molecule has 4 N–H and O–H groups in total. The number of carbonyl (C=O) groups is 3. The zero-order valence-electron chi connectivity index (χ0n) is 18.6. The van der Waals surface area contributed by atoms with Gasteiger partial charge in [0.1, 0.15) is 6.61 Å². The number of rotatable bonds is 11. The summed E-state index contributed by atoms with van der Waals surface area (Å²) in [6.07, 6.45) is -1.21. The van der Waals surface area contributed by atoms with Crippen LogP contribution in [0.1, 0.15) is 43.2 Å². The van der Waals surface area contributed by atoms with Crippen molar-refractivity contribution in [3.05, 3.63) is 59.7 Å². The molecule has 0 heterocycles. The standard InChI is InChI=1S/C25H30N2O6/c1-16(10-11-23(29)26-13-12-22(28)24(30)31)14-27-25(32)33-15-21-19-8-4-2-6-17(19)18-7-3-5-9-20(18)21/h2-9,16,21-22,28H,10-15H2,1H3,(H,26,29)(H,27,32)(H,30,31). The van der Waals surface area contributed by atoms with Crippen LogP contribution in [0.3, 0.4) is 0 Å². The van der Waals surface area contributed by atoms with E-state index >= 15 is 0 Å². The molecule has 2 aromatic carbocycles. The second kappa shape index (κ2) is 11.5. The molecule has 8 nitrogen and oxygen atoms in total. The number of carbonyl (C=O) groups excluding carboxylic acids is 2. The lowest BCUT2D eigenvalue weighted by Gasteiger charge is -2.16. The van der Waals surface area contributed by atoms with Gasteiger partial charge in [-0.2, -0.15) is 0 Å². The van der Waals surface area contributed by atoms with Gasteiger partial charge in [0.25, 0.3) is 0 Å². The number of ether oxygens (including phenoxy) is 1. The number of carboxylic acids is 1. The highest BCUT2D eigenvalue weighted by Crippen LogP contribution is 2.44. The number of carboxylic acid groups (broad SMARTS) is 1. The number of nitrogens with one attached hydrogen (secondary N) is 2. The second-order valence-corrected chi connectivity index (χ2v) is 8.34. The van der Waals surface area contributed by atoms with Crippen molar-refractivity contribution in [2.24, 2.45) is 5.92 Å². The molecular formula is C25H30N2O6. The molecule has 1 aliphatic rings. The summed E-state index contributed by atoms with van der Waals surface area (Å²) < 4.78 is 5.51. The highest BCUT2D eigenvalue weighted by atomic mass is 16.5. The van der Waals surface area contributed by atoms with Crippen molar-refractivity contribution in [1.29, 1.82) is 0 Å². The van der Waals surface area contributed by atoms with Crippen LogP contribution < -0.4 is 10.6 Å². The Balaban J connectivity index is 1.37. The van der Waals surface area contributed by atoms with Crippen LogP contribution in [0, 0.1) is 5.92 Å². The maximum absolute atomic E-state index is 12.2. The number of aliphatic hydroxyl groups excluding tert-OH is 1. The molecule has 2 unspecified atom stereocenters. The van der Waals surface area contributed by atoms with Crippen LogP contribution >= 0.6 is 0 Å². The molecule has 0 aromatic heterocycles. The zero-order valence-corrected chi connectivity index (χ0v) is 18.6. The van der Waals surface area contributed by atoms with Gasteiger partial charge in [-0.3, -0.25) is 4.79 Å². The van der Waals surface area contributed by atoms with Gasteiger partial charge in [0.2, 0.25) is 5.91 Å². The molecule has 3 rings (SSSR count). The van der Waals surface area contributed by atoms with Crippen LogP contribution in [0.4, 0.5) is 4.79 Å². The topological polar surface area (TPSA) is 125 Å². The van der Waals surface area contributed by atoms with Gasteiger partial charge in [-0.1, -0.05) is 55.5 Å². The van der Waals surface area contributed by atoms with Crippen LogP contribution in [0.15, 0.2) is 48.5 Å². The van der Waals surface area contributed by atoms with Crippen LogP contribution in [0.5, 0.6) is 0 Å². The summed E-state index contributed by atoms with van der Waals surface area (Å²) in [4.78, 5) is 34.6. The van der Waals surface area contributed by atoms with E-state index in [9.17, 15) is 19.5 Å². The number of alkyl carbamates (subject to hydrolysis) is 1. The lowest BCUT2D eigenvalue weighted by molar-refractivity contribution is -0.147. The molecule has 176 valence electrons. The molecule has 0 aliphatic heterocycles. The molecule has 33 heavy (non-hydrogen) atoms. The normalized spacial score (nSPS) is 14.0. The number of amides is 2. The molecule has 0 radical (unpaired) electrons. The molecule has 0 saturated carbocycles. The summed E-state index contributed by atoms with van der Waals surface area (Å²) in [7, 11) is 0. The average molecular weight is 455 g/mol. The van der Waals surface area contributed by atoms with Crippen molar-refractivity contribution in [2.45, 2.75) is 38.2 Å². The summed E-state index contributed by atoms with van der Waals surface area (Å²) in [6.45, 7) is 2.64. The Morgan fingerprint density at radius 2 is 1.58 bits per heavy atom. The van der Waals surface area contributed by atoms with Crippen molar-refractivity contribution < 1.29 is 29.3 Å². The highest BCUT2D eigenvalue weighted by Gasteiger charge is 2.29. The van der Waals surface area contributed by atoms with Gasteiger partial charge >= 0.3 is 12.1 Å². The molecule has 1 aliphatic carbocycles. The van der Waals surface area contributed by atoms with Crippen molar-refractivity contribution in [1.82, 2.24) is 10.6 Å². The van der Waals surface area contributed by atoms with Gasteiger partial charge in [0, 0.05) is 31.8 Å². The Hall–Kier alpha value is -3.39. The van der Waals surface area contributed by atoms with Crippen molar-refractivity contribution >= 4 is 18.0 Å².